The smallest absolute Gasteiger partial charge is 0.305 e. The van der Waals surface area contributed by atoms with Crippen LogP contribution in [0.4, 0.5) is 11.8 Å². The number of rotatable bonds is 9. The Morgan fingerprint density at radius 3 is 2.48 bits per heavy atom. The molecule has 0 saturated heterocycles. The summed E-state index contributed by atoms with van der Waals surface area (Å²) in [6.07, 6.45) is 2.30. The van der Waals surface area contributed by atoms with Gasteiger partial charge in [0.05, 0.1) is 12.5 Å². The summed E-state index contributed by atoms with van der Waals surface area (Å²) in [7, 11) is 0. The molecule has 12 heteroatoms. The zero-order chi connectivity index (χ0) is 24.0. The fourth-order valence-corrected chi connectivity index (χ4v) is 3.36. The van der Waals surface area contributed by atoms with Gasteiger partial charge in [0.1, 0.15) is 18.1 Å². The van der Waals surface area contributed by atoms with Crippen LogP contribution in [-0.4, -0.2) is 38.9 Å². The number of aromatic nitrogens is 2. The lowest BCUT2D eigenvalue weighted by Gasteiger charge is -2.21. The number of pyridine rings is 1. The highest BCUT2D eigenvalue weighted by atomic mass is 35.5. The van der Waals surface area contributed by atoms with Crippen molar-refractivity contribution < 1.29 is 23.9 Å². The highest BCUT2D eigenvalue weighted by Gasteiger charge is 2.24. The number of carboxylic acid groups (broad SMARTS) is 1. The third-order valence-electron chi connectivity index (χ3n) is 4.36. The largest absolute Gasteiger partial charge is 0.481 e. The predicted octanol–water partition coefficient (Wildman–Crippen LogP) is 3.57. The molecular formula is C21H19Cl2N5O5. The Balaban J connectivity index is 1.63. The first-order chi connectivity index (χ1) is 15.7. The van der Waals surface area contributed by atoms with Gasteiger partial charge in [-0.1, -0.05) is 29.3 Å². The van der Waals surface area contributed by atoms with Crippen LogP contribution in [-0.2, 0) is 9.59 Å². The number of carboxylic acids is 1. The van der Waals surface area contributed by atoms with Gasteiger partial charge in [-0.15, -0.1) is 0 Å². The first-order valence-electron chi connectivity index (χ1n) is 9.64. The van der Waals surface area contributed by atoms with Gasteiger partial charge < -0.3 is 20.2 Å². The van der Waals surface area contributed by atoms with Gasteiger partial charge in [-0.3, -0.25) is 19.7 Å². The predicted molar refractivity (Wildman–Crippen MR) is 121 cm³/mol. The van der Waals surface area contributed by atoms with Crippen LogP contribution in [0.15, 0.2) is 53.3 Å². The van der Waals surface area contributed by atoms with Crippen LogP contribution in [0, 0.1) is 0 Å². The minimum absolute atomic E-state index is 0.0512. The first-order valence-corrected chi connectivity index (χ1v) is 10.4. The topological polar surface area (TPSA) is 146 Å². The second-order valence-electron chi connectivity index (χ2n) is 6.93. The fraction of sp³-hybridized carbons (Fsp3) is 0.190. The number of nitrogens with zero attached hydrogens (tertiary/aromatic N) is 2. The normalized spacial score (nSPS) is 12.5. The van der Waals surface area contributed by atoms with Crippen LogP contribution in [0.25, 0.3) is 0 Å². The number of amides is 2. The molecule has 1 aromatic carbocycles. The van der Waals surface area contributed by atoms with E-state index >= 15 is 0 Å². The molecule has 0 aliphatic rings. The number of oxazole rings is 1. The van der Waals surface area contributed by atoms with Crippen LogP contribution in [0.3, 0.4) is 0 Å². The van der Waals surface area contributed by atoms with Crippen molar-refractivity contribution in [1.29, 1.82) is 0 Å². The molecule has 0 spiro atoms. The molecule has 0 bridgehead atoms. The maximum absolute atomic E-state index is 12.6. The summed E-state index contributed by atoms with van der Waals surface area (Å²) in [6, 6.07) is 7.84. The highest BCUT2D eigenvalue weighted by molar-refractivity contribution is 6.34. The fourth-order valence-electron chi connectivity index (χ4n) is 2.82. The minimum Gasteiger partial charge on any atom is -0.481 e. The lowest BCUT2D eigenvalue weighted by Crippen LogP contribution is -2.46. The van der Waals surface area contributed by atoms with E-state index in [1.165, 1.54) is 25.1 Å². The number of halogens is 2. The molecule has 33 heavy (non-hydrogen) atoms. The van der Waals surface area contributed by atoms with Gasteiger partial charge in [0, 0.05) is 16.2 Å². The summed E-state index contributed by atoms with van der Waals surface area (Å²) in [4.78, 5) is 44.5. The van der Waals surface area contributed by atoms with Gasteiger partial charge in [0.25, 0.3) is 5.91 Å². The molecule has 0 fully saturated rings. The second kappa shape index (κ2) is 10.8. The van der Waals surface area contributed by atoms with Gasteiger partial charge >= 0.3 is 12.0 Å². The molecule has 2 heterocycles. The molecule has 0 radical (unpaired) electrons. The van der Waals surface area contributed by atoms with Gasteiger partial charge in [-0.05, 0) is 42.8 Å². The average molecular weight is 492 g/mol. The number of nitrogens with one attached hydrogen (secondary N) is 3. The third-order valence-corrected chi connectivity index (χ3v) is 4.80. The summed E-state index contributed by atoms with van der Waals surface area (Å²) in [5.74, 6) is -1.93. The van der Waals surface area contributed by atoms with Crippen LogP contribution < -0.4 is 16.0 Å². The summed E-state index contributed by atoms with van der Waals surface area (Å²) in [5, 5.41) is 17.7. The number of aliphatic carboxylic acids is 1. The maximum atomic E-state index is 12.6. The van der Waals surface area contributed by atoms with Crippen LogP contribution in [0.5, 0.6) is 0 Å². The van der Waals surface area contributed by atoms with Gasteiger partial charge in [0.15, 0.2) is 5.69 Å². The Labute approximate surface area is 198 Å². The van der Waals surface area contributed by atoms with Gasteiger partial charge in [-0.25, -0.2) is 4.98 Å². The van der Waals surface area contributed by atoms with Crippen LogP contribution >= 0.6 is 23.2 Å². The third kappa shape index (κ3) is 6.93. The number of benzene rings is 1. The first kappa shape index (κ1) is 24.0. The molecule has 10 nitrogen and oxygen atoms in total. The molecule has 2 aromatic heterocycles. The van der Waals surface area contributed by atoms with Crippen molar-refractivity contribution in [1.82, 2.24) is 20.6 Å². The van der Waals surface area contributed by atoms with Crippen molar-refractivity contribution in [3.8, 4) is 0 Å². The van der Waals surface area contributed by atoms with Gasteiger partial charge in [0.2, 0.25) is 5.91 Å². The summed E-state index contributed by atoms with van der Waals surface area (Å²) >= 11 is 12.0. The van der Waals surface area contributed by atoms with Crippen LogP contribution in [0.1, 0.15) is 35.4 Å². The van der Waals surface area contributed by atoms with E-state index in [2.05, 4.69) is 25.9 Å². The SMILES string of the molecule is CC(NC(=O)c1coc(Nc2ccccn2)n1)C(=O)NC(CC(=O)O)c1cc(Cl)cc(Cl)c1. The zero-order valence-corrected chi connectivity index (χ0v) is 18.7. The molecule has 3 aromatic rings. The van der Waals surface area contributed by atoms with Crippen molar-refractivity contribution in [2.24, 2.45) is 0 Å². The molecule has 0 saturated carbocycles. The number of anilines is 2. The summed E-state index contributed by atoms with van der Waals surface area (Å²) in [5.41, 5.74) is 0.361. The van der Waals surface area contributed by atoms with Crippen molar-refractivity contribution in [3.63, 3.8) is 0 Å². The molecular weight excluding hydrogens is 473 g/mol. The molecule has 4 N–H and O–H groups in total. The molecule has 172 valence electrons. The standard InChI is InChI=1S/C21H19Cl2N5O5/c1-11(19(31)26-15(9-18(29)30)12-6-13(22)8-14(23)7-12)25-20(32)16-10-33-21(27-16)28-17-4-2-3-5-24-17/h2-8,10-11,15H,9H2,1H3,(H,25,32)(H,26,31)(H,29,30)(H,24,27,28). The van der Waals surface area contributed by atoms with E-state index in [0.717, 1.165) is 6.26 Å². The van der Waals surface area contributed by atoms with Crippen LogP contribution in [0.2, 0.25) is 10.0 Å². The van der Waals surface area contributed by atoms with E-state index in [1.807, 2.05) is 0 Å². The Morgan fingerprint density at radius 1 is 1.12 bits per heavy atom. The lowest BCUT2D eigenvalue weighted by molar-refractivity contribution is -0.137. The van der Waals surface area contributed by atoms with E-state index in [0.29, 0.717) is 21.4 Å². The molecule has 3 rings (SSSR count). The maximum Gasteiger partial charge on any atom is 0.305 e. The quantitative estimate of drug-likeness (QED) is 0.355. The minimum atomic E-state index is -1.14. The zero-order valence-electron chi connectivity index (χ0n) is 17.2. The highest BCUT2D eigenvalue weighted by Crippen LogP contribution is 2.25. The monoisotopic (exact) mass is 491 g/mol. The van der Waals surface area contributed by atoms with Crippen molar-refractivity contribution in [2.45, 2.75) is 25.4 Å². The molecule has 0 aliphatic heterocycles. The van der Waals surface area contributed by atoms with E-state index in [-0.39, 0.29) is 11.7 Å². The number of hydrogen-bond acceptors (Lipinski definition) is 7. The van der Waals surface area contributed by atoms with Crippen molar-refractivity contribution >= 4 is 52.8 Å². The number of carbonyl (C=O) groups is 3. The Kier molecular flexibility index (Phi) is 7.86. The van der Waals surface area contributed by atoms with Gasteiger partial charge in [-0.2, -0.15) is 4.98 Å². The second-order valence-corrected chi connectivity index (χ2v) is 7.81. The number of carbonyl (C=O) groups excluding carboxylic acids is 2. The Morgan fingerprint density at radius 2 is 1.85 bits per heavy atom. The Bertz CT molecular complexity index is 1130. The van der Waals surface area contributed by atoms with E-state index in [4.69, 9.17) is 27.6 Å². The average Bonchev–Trinajstić information content (AvgIpc) is 3.21. The van der Waals surface area contributed by atoms with E-state index in [1.54, 1.807) is 24.4 Å². The van der Waals surface area contributed by atoms with Crippen molar-refractivity contribution in [2.75, 3.05) is 5.32 Å². The van der Waals surface area contributed by atoms with E-state index < -0.39 is 36.3 Å². The molecule has 2 atom stereocenters. The van der Waals surface area contributed by atoms with Crippen molar-refractivity contribution in [3.05, 3.63) is 70.2 Å². The molecule has 0 aliphatic carbocycles. The van der Waals surface area contributed by atoms with E-state index in [9.17, 15) is 19.5 Å². The molecule has 2 unspecified atom stereocenters. The lowest BCUT2D eigenvalue weighted by atomic mass is 10.0. The summed E-state index contributed by atoms with van der Waals surface area (Å²) < 4.78 is 5.21. The Hall–Kier alpha value is -3.63. The number of hydrogen-bond donors (Lipinski definition) is 4. The molecule has 2 amide bonds. The summed E-state index contributed by atoms with van der Waals surface area (Å²) in [6.45, 7) is 1.45.